The lowest BCUT2D eigenvalue weighted by Crippen LogP contribution is -2.28. The van der Waals surface area contributed by atoms with Crippen molar-refractivity contribution in [1.29, 1.82) is 0 Å². The maximum Gasteiger partial charge on any atom is 0.416 e. The van der Waals surface area contributed by atoms with Crippen molar-refractivity contribution in [2.24, 2.45) is 5.84 Å². The summed E-state index contributed by atoms with van der Waals surface area (Å²) < 4.78 is 37.7. The van der Waals surface area contributed by atoms with Crippen LogP contribution in [-0.2, 0) is 6.18 Å². The van der Waals surface area contributed by atoms with Gasteiger partial charge < -0.3 is 0 Å². The van der Waals surface area contributed by atoms with Gasteiger partial charge in [0.05, 0.1) is 11.6 Å². The van der Waals surface area contributed by atoms with Crippen LogP contribution in [0.1, 0.15) is 22.7 Å². The van der Waals surface area contributed by atoms with Crippen molar-refractivity contribution >= 4 is 23.2 Å². The molecule has 0 amide bonds. The van der Waals surface area contributed by atoms with Gasteiger partial charge in [0.25, 0.3) is 0 Å². The zero-order chi connectivity index (χ0) is 15.6. The molecule has 0 spiro atoms. The lowest BCUT2D eigenvalue weighted by molar-refractivity contribution is -0.137. The number of benzene rings is 2. The van der Waals surface area contributed by atoms with Crippen LogP contribution < -0.4 is 11.3 Å². The maximum absolute atomic E-state index is 12.6. The van der Waals surface area contributed by atoms with Gasteiger partial charge in [-0.3, -0.25) is 5.84 Å². The number of halogens is 5. The third-order valence-corrected chi connectivity index (χ3v) is 3.39. The first-order valence-corrected chi connectivity index (χ1v) is 6.66. The number of hydrazine groups is 1. The molecule has 1 atom stereocenters. The lowest BCUT2D eigenvalue weighted by atomic mass is 9.98. The van der Waals surface area contributed by atoms with Crippen molar-refractivity contribution in [3.05, 3.63) is 69.2 Å². The molecule has 0 saturated carbocycles. The van der Waals surface area contributed by atoms with E-state index < -0.39 is 17.8 Å². The summed E-state index contributed by atoms with van der Waals surface area (Å²) in [6.07, 6.45) is -4.37. The van der Waals surface area contributed by atoms with E-state index in [1.807, 2.05) is 0 Å². The fourth-order valence-electron chi connectivity index (χ4n) is 1.99. The fourth-order valence-corrected chi connectivity index (χ4v) is 2.53. The quantitative estimate of drug-likeness (QED) is 0.637. The van der Waals surface area contributed by atoms with Crippen molar-refractivity contribution in [3.8, 4) is 0 Å². The van der Waals surface area contributed by atoms with E-state index in [0.717, 1.165) is 12.1 Å². The molecule has 0 saturated heterocycles. The molecular formula is C14H11Cl2F3N2. The molecule has 2 nitrogen and oxygen atoms in total. The Kier molecular flexibility index (Phi) is 4.78. The molecular weight excluding hydrogens is 324 g/mol. The van der Waals surface area contributed by atoms with Crippen LogP contribution in [0, 0.1) is 0 Å². The topological polar surface area (TPSA) is 38.0 Å². The number of nitrogens with two attached hydrogens (primary N) is 1. The second kappa shape index (κ2) is 6.23. The van der Waals surface area contributed by atoms with Gasteiger partial charge in [-0.1, -0.05) is 35.3 Å². The van der Waals surface area contributed by atoms with E-state index in [4.69, 9.17) is 29.0 Å². The van der Waals surface area contributed by atoms with Gasteiger partial charge >= 0.3 is 6.18 Å². The van der Waals surface area contributed by atoms with Gasteiger partial charge in [0, 0.05) is 10.0 Å². The van der Waals surface area contributed by atoms with E-state index in [1.54, 1.807) is 18.2 Å². The van der Waals surface area contributed by atoms with Crippen molar-refractivity contribution in [2.45, 2.75) is 12.2 Å². The molecule has 0 bridgehead atoms. The molecule has 112 valence electrons. The maximum atomic E-state index is 12.6. The van der Waals surface area contributed by atoms with Crippen LogP contribution >= 0.6 is 23.2 Å². The smallest absolute Gasteiger partial charge is 0.271 e. The zero-order valence-corrected chi connectivity index (χ0v) is 12.1. The van der Waals surface area contributed by atoms with E-state index in [-0.39, 0.29) is 0 Å². The zero-order valence-electron chi connectivity index (χ0n) is 10.6. The van der Waals surface area contributed by atoms with E-state index in [0.29, 0.717) is 21.2 Å². The Morgan fingerprint density at radius 1 is 0.905 bits per heavy atom. The molecule has 2 rings (SSSR count). The predicted molar refractivity (Wildman–Crippen MR) is 77.1 cm³/mol. The highest BCUT2D eigenvalue weighted by molar-refractivity contribution is 6.34. The lowest BCUT2D eigenvalue weighted by Gasteiger charge is -2.18. The van der Waals surface area contributed by atoms with E-state index in [9.17, 15) is 13.2 Å². The van der Waals surface area contributed by atoms with Crippen LogP contribution in [0.4, 0.5) is 13.2 Å². The first kappa shape index (κ1) is 16.1. The predicted octanol–water partition coefficient (Wildman–Crippen LogP) is 4.56. The van der Waals surface area contributed by atoms with Crippen LogP contribution in [-0.4, -0.2) is 0 Å². The van der Waals surface area contributed by atoms with Crippen LogP contribution in [0.3, 0.4) is 0 Å². The molecule has 1 unspecified atom stereocenters. The highest BCUT2D eigenvalue weighted by atomic mass is 35.5. The molecule has 0 fully saturated rings. The van der Waals surface area contributed by atoms with Gasteiger partial charge in [-0.2, -0.15) is 13.2 Å². The minimum absolute atomic E-state index is 0.421. The molecule has 0 aromatic heterocycles. The molecule has 0 heterocycles. The molecule has 2 aromatic carbocycles. The summed E-state index contributed by atoms with van der Waals surface area (Å²) in [6, 6.07) is 9.09. The minimum Gasteiger partial charge on any atom is -0.271 e. The van der Waals surface area contributed by atoms with Gasteiger partial charge in [0.1, 0.15) is 0 Å². The van der Waals surface area contributed by atoms with Crippen molar-refractivity contribution < 1.29 is 13.2 Å². The molecule has 2 aromatic rings. The standard InChI is InChI=1S/C14H11Cl2F3N2/c15-11-5-9(6-12(16)7-11)13(21-20)8-1-3-10(4-2-8)14(17,18)19/h1-7,13,21H,20H2. The minimum atomic E-state index is -4.37. The first-order valence-electron chi connectivity index (χ1n) is 5.90. The number of alkyl halides is 3. The van der Waals surface area contributed by atoms with Gasteiger partial charge in [-0.05, 0) is 41.5 Å². The van der Waals surface area contributed by atoms with E-state index >= 15 is 0 Å². The molecule has 3 N–H and O–H groups in total. The van der Waals surface area contributed by atoms with Gasteiger partial charge in [-0.25, -0.2) is 5.43 Å². The largest absolute Gasteiger partial charge is 0.416 e. The Labute approximate surface area is 129 Å². The third-order valence-electron chi connectivity index (χ3n) is 2.96. The van der Waals surface area contributed by atoms with Crippen LogP contribution in [0.2, 0.25) is 10.0 Å². The molecule has 0 aliphatic heterocycles. The van der Waals surface area contributed by atoms with Crippen LogP contribution in [0.5, 0.6) is 0 Å². The van der Waals surface area contributed by atoms with Crippen LogP contribution in [0.25, 0.3) is 0 Å². The summed E-state index contributed by atoms with van der Waals surface area (Å²) in [7, 11) is 0. The van der Waals surface area contributed by atoms with E-state index in [1.165, 1.54) is 12.1 Å². The van der Waals surface area contributed by atoms with Gasteiger partial charge in [-0.15, -0.1) is 0 Å². The summed E-state index contributed by atoms with van der Waals surface area (Å²) in [5.41, 5.74) is 3.07. The van der Waals surface area contributed by atoms with Crippen LogP contribution in [0.15, 0.2) is 42.5 Å². The molecule has 0 aliphatic rings. The number of hydrogen-bond acceptors (Lipinski definition) is 2. The second-order valence-electron chi connectivity index (χ2n) is 4.42. The Bertz CT molecular complexity index is 607. The summed E-state index contributed by atoms with van der Waals surface area (Å²) in [4.78, 5) is 0. The highest BCUT2D eigenvalue weighted by Gasteiger charge is 2.30. The molecule has 7 heteroatoms. The Morgan fingerprint density at radius 3 is 1.86 bits per heavy atom. The second-order valence-corrected chi connectivity index (χ2v) is 5.30. The summed E-state index contributed by atoms with van der Waals surface area (Å²) in [5, 5.41) is 0.842. The summed E-state index contributed by atoms with van der Waals surface area (Å²) in [5.74, 6) is 5.50. The van der Waals surface area contributed by atoms with Crippen molar-refractivity contribution in [3.63, 3.8) is 0 Å². The van der Waals surface area contributed by atoms with Gasteiger partial charge in [0.15, 0.2) is 0 Å². The van der Waals surface area contributed by atoms with Crippen molar-refractivity contribution in [2.75, 3.05) is 0 Å². The normalized spacial score (nSPS) is 13.2. The summed E-state index contributed by atoms with van der Waals surface area (Å²) in [6.45, 7) is 0. The van der Waals surface area contributed by atoms with Crippen molar-refractivity contribution in [1.82, 2.24) is 5.43 Å². The Morgan fingerprint density at radius 2 is 1.43 bits per heavy atom. The average Bonchev–Trinajstić information content (AvgIpc) is 2.38. The summed E-state index contributed by atoms with van der Waals surface area (Å²) >= 11 is 11.8. The number of hydrogen-bond donors (Lipinski definition) is 2. The Balaban J connectivity index is 2.37. The Hall–Kier alpha value is -1.27. The highest BCUT2D eigenvalue weighted by Crippen LogP contribution is 2.32. The molecule has 0 radical (unpaired) electrons. The average molecular weight is 335 g/mol. The molecule has 21 heavy (non-hydrogen) atoms. The number of rotatable bonds is 3. The number of nitrogens with one attached hydrogen (secondary N) is 1. The monoisotopic (exact) mass is 334 g/mol. The fraction of sp³-hybridized carbons (Fsp3) is 0.143. The molecule has 0 aliphatic carbocycles. The SMILES string of the molecule is NNC(c1ccc(C(F)(F)F)cc1)c1cc(Cl)cc(Cl)c1. The van der Waals surface area contributed by atoms with E-state index in [2.05, 4.69) is 5.43 Å². The van der Waals surface area contributed by atoms with Gasteiger partial charge in [0.2, 0.25) is 0 Å². The first-order chi connectivity index (χ1) is 9.81. The third kappa shape index (κ3) is 3.89.